The van der Waals surface area contributed by atoms with Crippen molar-refractivity contribution < 1.29 is 14.2 Å². The smallest absolute Gasteiger partial charge is 0.277 e. The summed E-state index contributed by atoms with van der Waals surface area (Å²) in [5.74, 6) is 0.210. The van der Waals surface area contributed by atoms with Crippen molar-refractivity contribution in [3.8, 4) is 11.3 Å². The monoisotopic (exact) mass is 255 g/mol. The van der Waals surface area contributed by atoms with E-state index in [1.807, 2.05) is 42.3 Å². The highest BCUT2D eigenvalue weighted by molar-refractivity contribution is 6.52. The lowest BCUT2D eigenvalue weighted by molar-refractivity contribution is -0.668. The first-order valence-corrected chi connectivity index (χ1v) is 6.34. The van der Waals surface area contributed by atoms with Crippen molar-refractivity contribution in [3.05, 3.63) is 41.3 Å². The molecule has 2 aromatic rings. The maximum Gasteiger partial charge on any atom is 0.277 e. The minimum absolute atomic E-state index is 0.410. The number of rotatable bonds is 1. The average molecular weight is 255 g/mol. The van der Waals surface area contributed by atoms with Crippen LogP contribution in [0.3, 0.4) is 0 Å². The molecule has 1 aliphatic carbocycles. The molecule has 0 unspecified atom stereocenters. The van der Waals surface area contributed by atoms with Crippen LogP contribution < -0.4 is 4.57 Å². The highest BCUT2D eigenvalue weighted by Gasteiger charge is 2.41. The fourth-order valence-electron chi connectivity index (χ4n) is 2.96. The molecular weight excluding hydrogens is 240 g/mol. The summed E-state index contributed by atoms with van der Waals surface area (Å²) >= 11 is 0. The Kier molecular flexibility index (Phi) is 2.42. The average Bonchev–Trinajstić information content (AvgIpc) is 2.67. The molecule has 0 saturated heterocycles. The lowest BCUT2D eigenvalue weighted by Gasteiger charge is -2.11. The summed E-state index contributed by atoms with van der Waals surface area (Å²) in [5, 5.41) is 0. The fourth-order valence-corrected chi connectivity index (χ4v) is 2.96. The van der Waals surface area contributed by atoms with Crippen molar-refractivity contribution >= 4 is 11.6 Å². The molecule has 4 heteroatoms. The minimum atomic E-state index is -0.411. The van der Waals surface area contributed by atoms with Gasteiger partial charge >= 0.3 is 0 Å². The van der Waals surface area contributed by atoms with Crippen LogP contribution in [0.2, 0.25) is 0 Å². The first-order valence-electron chi connectivity index (χ1n) is 6.34. The van der Waals surface area contributed by atoms with E-state index in [0.717, 1.165) is 23.5 Å². The molecule has 1 aromatic heterocycles. The van der Waals surface area contributed by atoms with Gasteiger partial charge in [-0.15, -0.1) is 0 Å². The number of imidazole rings is 1. The van der Waals surface area contributed by atoms with Crippen molar-refractivity contribution in [1.29, 1.82) is 0 Å². The lowest BCUT2D eigenvalue weighted by Crippen LogP contribution is -2.35. The van der Waals surface area contributed by atoms with Crippen LogP contribution in [0.25, 0.3) is 11.3 Å². The Hall–Kier alpha value is -2.23. The SMILES string of the molecule is CCc1n(C)c2c([n+]1C)-c1ccccc1C(=O)C2=O. The van der Waals surface area contributed by atoms with Crippen LogP contribution in [0, 0.1) is 0 Å². The number of fused-ring (bicyclic) bond motifs is 3. The summed E-state index contributed by atoms with van der Waals surface area (Å²) in [7, 11) is 3.79. The first-order chi connectivity index (χ1) is 9.07. The predicted octanol–water partition coefficient (Wildman–Crippen LogP) is 1.46. The van der Waals surface area contributed by atoms with Crippen LogP contribution in [0.4, 0.5) is 0 Å². The third-order valence-corrected chi connectivity index (χ3v) is 3.83. The Labute approximate surface area is 111 Å². The third kappa shape index (κ3) is 1.37. The van der Waals surface area contributed by atoms with Gasteiger partial charge in [0.25, 0.3) is 11.6 Å². The summed E-state index contributed by atoms with van der Waals surface area (Å²) in [4.78, 5) is 24.5. The molecule has 0 radical (unpaired) electrons. The number of carbonyl (C=O) groups excluding carboxylic acids is 2. The van der Waals surface area contributed by atoms with Gasteiger partial charge in [0.05, 0.1) is 14.1 Å². The van der Waals surface area contributed by atoms with Gasteiger partial charge in [-0.1, -0.05) is 25.1 Å². The zero-order valence-corrected chi connectivity index (χ0v) is 11.2. The highest BCUT2D eigenvalue weighted by atomic mass is 16.2. The summed E-state index contributed by atoms with van der Waals surface area (Å²) in [6, 6.07) is 7.30. The topological polar surface area (TPSA) is 43.0 Å². The number of carbonyl (C=O) groups is 2. The van der Waals surface area contributed by atoms with Crippen LogP contribution in [-0.4, -0.2) is 16.1 Å². The van der Waals surface area contributed by atoms with E-state index >= 15 is 0 Å². The second-order valence-electron chi connectivity index (χ2n) is 4.79. The molecule has 1 aromatic carbocycles. The van der Waals surface area contributed by atoms with E-state index in [9.17, 15) is 9.59 Å². The molecular formula is C15H15N2O2+. The summed E-state index contributed by atoms with van der Waals surface area (Å²) in [5.41, 5.74) is 2.70. The predicted molar refractivity (Wildman–Crippen MR) is 70.1 cm³/mol. The molecule has 3 rings (SSSR count). The van der Waals surface area contributed by atoms with Gasteiger partial charge in [-0.2, -0.15) is 0 Å². The van der Waals surface area contributed by atoms with Crippen molar-refractivity contribution in [2.45, 2.75) is 13.3 Å². The highest BCUT2D eigenvalue weighted by Crippen LogP contribution is 2.31. The number of nitrogens with zero attached hydrogens (tertiary/aromatic N) is 2. The zero-order chi connectivity index (χ0) is 13.7. The number of hydrogen-bond donors (Lipinski definition) is 0. The lowest BCUT2D eigenvalue weighted by atomic mass is 9.90. The number of ketones is 2. The fraction of sp³-hybridized carbons (Fsp3) is 0.267. The van der Waals surface area contributed by atoms with Gasteiger partial charge in [-0.25, -0.2) is 9.13 Å². The summed E-state index contributed by atoms with van der Waals surface area (Å²) in [6.07, 6.45) is 0.809. The number of aromatic nitrogens is 2. The van der Waals surface area contributed by atoms with E-state index in [0.29, 0.717) is 11.3 Å². The van der Waals surface area contributed by atoms with Crippen LogP contribution in [0.1, 0.15) is 33.6 Å². The minimum Gasteiger partial charge on any atom is -0.285 e. The maximum atomic E-state index is 12.3. The Morgan fingerprint density at radius 2 is 1.74 bits per heavy atom. The van der Waals surface area contributed by atoms with Gasteiger partial charge in [-0.3, -0.25) is 9.59 Å². The molecule has 4 nitrogen and oxygen atoms in total. The summed E-state index contributed by atoms with van der Waals surface area (Å²) in [6.45, 7) is 2.04. The van der Waals surface area contributed by atoms with Crippen LogP contribution >= 0.6 is 0 Å². The molecule has 0 aliphatic heterocycles. The molecule has 96 valence electrons. The Bertz CT molecular complexity index is 726. The number of benzene rings is 1. The van der Waals surface area contributed by atoms with Gasteiger partial charge in [0.2, 0.25) is 11.5 Å². The summed E-state index contributed by atoms with van der Waals surface area (Å²) < 4.78 is 3.85. The number of hydrogen-bond acceptors (Lipinski definition) is 2. The quantitative estimate of drug-likeness (QED) is 0.572. The Morgan fingerprint density at radius 3 is 2.37 bits per heavy atom. The van der Waals surface area contributed by atoms with E-state index in [-0.39, 0.29) is 0 Å². The van der Waals surface area contributed by atoms with Gasteiger partial charge in [0.15, 0.2) is 5.69 Å². The van der Waals surface area contributed by atoms with Gasteiger partial charge in [0, 0.05) is 17.5 Å². The van der Waals surface area contributed by atoms with Crippen molar-refractivity contribution in [2.24, 2.45) is 14.1 Å². The number of Topliss-reactive ketones (excluding diaryl/α,β-unsaturated/α-hetero) is 2. The van der Waals surface area contributed by atoms with Crippen LogP contribution in [0.15, 0.2) is 24.3 Å². The van der Waals surface area contributed by atoms with Gasteiger partial charge < -0.3 is 0 Å². The van der Waals surface area contributed by atoms with E-state index in [4.69, 9.17) is 0 Å². The van der Waals surface area contributed by atoms with E-state index < -0.39 is 11.6 Å². The maximum absolute atomic E-state index is 12.3. The van der Waals surface area contributed by atoms with E-state index in [2.05, 4.69) is 0 Å². The van der Waals surface area contributed by atoms with E-state index in [1.165, 1.54) is 0 Å². The normalized spacial score (nSPS) is 13.4. The molecule has 0 fully saturated rings. The van der Waals surface area contributed by atoms with Crippen molar-refractivity contribution in [1.82, 2.24) is 4.57 Å². The molecule has 0 spiro atoms. The van der Waals surface area contributed by atoms with E-state index in [1.54, 1.807) is 12.1 Å². The van der Waals surface area contributed by atoms with Crippen LogP contribution in [-0.2, 0) is 20.5 Å². The standard InChI is InChI=1S/C15H15N2O2/c1-4-11-16(2)12-9-7-5-6-8-10(9)14(18)15(19)13(12)17(11)3/h5-8H,4H2,1-3H3/q+1. The molecule has 0 saturated carbocycles. The molecule has 0 bridgehead atoms. The van der Waals surface area contributed by atoms with Gasteiger partial charge in [-0.05, 0) is 6.07 Å². The van der Waals surface area contributed by atoms with Crippen LogP contribution in [0.5, 0.6) is 0 Å². The third-order valence-electron chi connectivity index (χ3n) is 3.83. The Balaban J connectivity index is 2.46. The molecule has 0 amide bonds. The molecule has 0 atom stereocenters. The van der Waals surface area contributed by atoms with Crippen molar-refractivity contribution in [3.63, 3.8) is 0 Å². The zero-order valence-electron chi connectivity index (χ0n) is 11.2. The Morgan fingerprint density at radius 1 is 1.11 bits per heavy atom. The molecule has 19 heavy (non-hydrogen) atoms. The van der Waals surface area contributed by atoms with Crippen molar-refractivity contribution in [2.75, 3.05) is 0 Å². The first kappa shape index (κ1) is 11.8. The molecule has 1 heterocycles. The molecule has 1 aliphatic rings. The second kappa shape index (κ2) is 3.88. The largest absolute Gasteiger partial charge is 0.285 e. The molecule has 0 N–H and O–H groups in total. The van der Waals surface area contributed by atoms with Gasteiger partial charge in [0.1, 0.15) is 0 Å². The second-order valence-corrected chi connectivity index (χ2v) is 4.79.